The number of rotatable bonds is 2. The van der Waals surface area contributed by atoms with E-state index in [-0.39, 0.29) is 5.95 Å². The monoisotopic (exact) mass is 181 g/mol. The van der Waals surface area contributed by atoms with E-state index < -0.39 is 0 Å². The maximum Gasteiger partial charge on any atom is 0.223 e. The molecule has 6 N–H and O–H groups in total. The molecule has 1 aromatic heterocycles. The summed E-state index contributed by atoms with van der Waals surface area (Å²) in [7, 11) is 0. The highest BCUT2D eigenvalue weighted by atomic mass is 15.1. The van der Waals surface area contributed by atoms with E-state index in [0.717, 1.165) is 12.0 Å². The van der Waals surface area contributed by atoms with E-state index in [4.69, 9.17) is 17.2 Å². The smallest absolute Gasteiger partial charge is 0.223 e. The first-order valence-electron chi connectivity index (χ1n) is 4.18. The minimum absolute atomic E-state index is 0.127. The summed E-state index contributed by atoms with van der Waals surface area (Å²) in [5, 5.41) is 0. The highest BCUT2D eigenvalue weighted by molar-refractivity contribution is 5.55. The van der Waals surface area contributed by atoms with Gasteiger partial charge in [0.2, 0.25) is 5.95 Å². The van der Waals surface area contributed by atoms with E-state index in [9.17, 15) is 0 Å². The maximum absolute atomic E-state index is 5.66. The quantitative estimate of drug-likeness (QED) is 0.613. The molecule has 5 nitrogen and oxygen atoms in total. The van der Waals surface area contributed by atoms with Gasteiger partial charge in [-0.15, -0.1) is 0 Å². The molecule has 72 valence electrons. The topological polar surface area (TPSA) is 104 Å². The summed E-state index contributed by atoms with van der Waals surface area (Å²) in [6, 6.07) is 0. The fourth-order valence-electron chi connectivity index (χ4n) is 1.16. The Morgan fingerprint density at radius 3 is 1.92 bits per heavy atom. The van der Waals surface area contributed by atoms with Gasteiger partial charge in [0.1, 0.15) is 11.6 Å². The second kappa shape index (κ2) is 3.47. The third-order valence-electron chi connectivity index (χ3n) is 1.70. The second-order valence-electron chi connectivity index (χ2n) is 3.43. The zero-order valence-corrected chi connectivity index (χ0v) is 7.91. The first-order chi connectivity index (χ1) is 6.00. The summed E-state index contributed by atoms with van der Waals surface area (Å²) in [4.78, 5) is 7.70. The molecule has 0 radical (unpaired) electrons. The molecule has 0 spiro atoms. The van der Waals surface area contributed by atoms with Crippen molar-refractivity contribution in [2.75, 3.05) is 17.2 Å². The lowest BCUT2D eigenvalue weighted by atomic mass is 10.0. The number of anilines is 3. The van der Waals surface area contributed by atoms with Gasteiger partial charge in [-0.3, -0.25) is 0 Å². The van der Waals surface area contributed by atoms with E-state index in [1.54, 1.807) is 0 Å². The third kappa shape index (κ3) is 2.21. The van der Waals surface area contributed by atoms with Gasteiger partial charge in [0.15, 0.2) is 0 Å². The molecule has 0 saturated heterocycles. The molecule has 5 heteroatoms. The number of aromatic nitrogens is 2. The Bertz CT molecular complexity index is 284. The minimum atomic E-state index is 0.127. The molecule has 0 bridgehead atoms. The largest absolute Gasteiger partial charge is 0.383 e. The Balaban J connectivity index is 3.06. The Labute approximate surface area is 77.4 Å². The van der Waals surface area contributed by atoms with E-state index >= 15 is 0 Å². The molecule has 0 saturated carbocycles. The maximum atomic E-state index is 5.66. The van der Waals surface area contributed by atoms with E-state index in [2.05, 4.69) is 23.8 Å². The highest BCUT2D eigenvalue weighted by Crippen LogP contribution is 2.20. The number of nitrogens with two attached hydrogens (primary N) is 3. The van der Waals surface area contributed by atoms with Crippen LogP contribution in [0.1, 0.15) is 19.4 Å². The van der Waals surface area contributed by atoms with Crippen LogP contribution in [0.3, 0.4) is 0 Å². The molecule has 0 unspecified atom stereocenters. The zero-order valence-electron chi connectivity index (χ0n) is 7.91. The highest BCUT2D eigenvalue weighted by Gasteiger charge is 2.09. The van der Waals surface area contributed by atoms with Crippen LogP contribution >= 0.6 is 0 Å². The molecule has 0 aromatic carbocycles. The lowest BCUT2D eigenvalue weighted by Crippen LogP contribution is -2.10. The van der Waals surface area contributed by atoms with Gasteiger partial charge in [-0.1, -0.05) is 13.8 Å². The van der Waals surface area contributed by atoms with Gasteiger partial charge in [-0.05, 0) is 12.3 Å². The van der Waals surface area contributed by atoms with Gasteiger partial charge < -0.3 is 17.2 Å². The molecule has 0 aliphatic carbocycles. The molecule has 0 atom stereocenters. The fraction of sp³-hybridized carbons (Fsp3) is 0.500. The van der Waals surface area contributed by atoms with Gasteiger partial charge in [0, 0.05) is 5.56 Å². The van der Waals surface area contributed by atoms with Crippen LogP contribution in [-0.4, -0.2) is 9.97 Å². The van der Waals surface area contributed by atoms with Crippen LogP contribution in [0.2, 0.25) is 0 Å². The van der Waals surface area contributed by atoms with Crippen molar-refractivity contribution in [2.45, 2.75) is 20.3 Å². The van der Waals surface area contributed by atoms with Crippen molar-refractivity contribution in [1.29, 1.82) is 0 Å². The van der Waals surface area contributed by atoms with Gasteiger partial charge in [0.05, 0.1) is 0 Å². The number of hydrogen-bond acceptors (Lipinski definition) is 5. The number of nitrogens with zero attached hydrogens (tertiary/aromatic N) is 2. The average Bonchev–Trinajstić information content (AvgIpc) is 1.96. The summed E-state index contributed by atoms with van der Waals surface area (Å²) in [6.45, 7) is 4.16. The van der Waals surface area contributed by atoms with Crippen molar-refractivity contribution in [1.82, 2.24) is 9.97 Å². The lowest BCUT2D eigenvalue weighted by Gasteiger charge is -2.10. The van der Waals surface area contributed by atoms with E-state index in [1.807, 2.05) is 0 Å². The average molecular weight is 181 g/mol. The minimum Gasteiger partial charge on any atom is -0.383 e. The third-order valence-corrected chi connectivity index (χ3v) is 1.70. The predicted molar refractivity (Wildman–Crippen MR) is 53.8 cm³/mol. The van der Waals surface area contributed by atoms with Crippen molar-refractivity contribution >= 4 is 17.6 Å². The Morgan fingerprint density at radius 1 is 1.08 bits per heavy atom. The zero-order chi connectivity index (χ0) is 10.0. The molecule has 0 aliphatic heterocycles. The van der Waals surface area contributed by atoms with Crippen LogP contribution in [-0.2, 0) is 6.42 Å². The molecule has 1 heterocycles. The molecule has 0 amide bonds. The SMILES string of the molecule is CC(C)Cc1c(N)nc(N)nc1N. The van der Waals surface area contributed by atoms with Crippen LogP contribution in [0.4, 0.5) is 17.6 Å². The Hall–Kier alpha value is -1.52. The second-order valence-corrected chi connectivity index (χ2v) is 3.43. The molecular formula is C8H15N5. The predicted octanol–water partition coefficient (Wildman–Crippen LogP) is 0.422. The molecule has 13 heavy (non-hydrogen) atoms. The van der Waals surface area contributed by atoms with Crippen molar-refractivity contribution in [3.05, 3.63) is 5.56 Å². The molecular weight excluding hydrogens is 166 g/mol. The van der Waals surface area contributed by atoms with Crippen molar-refractivity contribution in [3.63, 3.8) is 0 Å². The fourth-order valence-corrected chi connectivity index (χ4v) is 1.16. The normalized spacial score (nSPS) is 10.7. The first-order valence-corrected chi connectivity index (χ1v) is 4.18. The van der Waals surface area contributed by atoms with Crippen LogP contribution in [0, 0.1) is 5.92 Å². The van der Waals surface area contributed by atoms with Crippen molar-refractivity contribution in [3.8, 4) is 0 Å². The first kappa shape index (κ1) is 9.57. The standard InChI is InChI=1S/C8H15N5/c1-4(2)3-5-6(9)12-8(11)13-7(5)10/h4H,3H2,1-2H3,(H6,9,10,11,12,13). The summed E-state index contributed by atoms with van der Waals surface area (Å²) < 4.78 is 0. The molecule has 1 aromatic rings. The molecule has 0 aliphatic rings. The number of hydrogen-bond donors (Lipinski definition) is 3. The van der Waals surface area contributed by atoms with E-state index in [0.29, 0.717) is 17.6 Å². The van der Waals surface area contributed by atoms with Gasteiger partial charge in [-0.2, -0.15) is 9.97 Å². The van der Waals surface area contributed by atoms with Crippen LogP contribution in [0.25, 0.3) is 0 Å². The van der Waals surface area contributed by atoms with Gasteiger partial charge in [-0.25, -0.2) is 0 Å². The Kier molecular flexibility index (Phi) is 2.55. The van der Waals surface area contributed by atoms with Crippen LogP contribution in [0.15, 0.2) is 0 Å². The van der Waals surface area contributed by atoms with Crippen LogP contribution in [0.5, 0.6) is 0 Å². The van der Waals surface area contributed by atoms with Crippen molar-refractivity contribution in [2.24, 2.45) is 5.92 Å². The van der Waals surface area contributed by atoms with Crippen LogP contribution < -0.4 is 17.2 Å². The molecule has 0 fully saturated rings. The van der Waals surface area contributed by atoms with Crippen molar-refractivity contribution < 1.29 is 0 Å². The number of nitrogen functional groups attached to an aromatic ring is 3. The summed E-state index contributed by atoms with van der Waals surface area (Å²) in [5.41, 5.74) is 17.5. The van der Waals surface area contributed by atoms with E-state index in [1.165, 1.54) is 0 Å². The Morgan fingerprint density at radius 2 is 1.54 bits per heavy atom. The summed E-state index contributed by atoms with van der Waals surface area (Å²) in [5.74, 6) is 1.37. The summed E-state index contributed by atoms with van der Waals surface area (Å²) >= 11 is 0. The molecule has 1 rings (SSSR count). The van der Waals surface area contributed by atoms with Gasteiger partial charge >= 0.3 is 0 Å². The van der Waals surface area contributed by atoms with Gasteiger partial charge in [0.25, 0.3) is 0 Å². The lowest BCUT2D eigenvalue weighted by molar-refractivity contribution is 0.647. The summed E-state index contributed by atoms with van der Waals surface area (Å²) in [6.07, 6.45) is 0.776.